The molecule has 3 rings (SSSR count). The largest absolute Gasteiger partial charge is 0.466 e. The number of ether oxygens (including phenoxy) is 1. The molecule has 2 aromatic rings. The molecule has 24 heavy (non-hydrogen) atoms. The molecular formula is C17H20N2O4S. The molecule has 0 unspecified atom stereocenters. The van der Waals surface area contributed by atoms with Crippen molar-refractivity contribution in [1.82, 2.24) is 9.88 Å². The first-order valence-electron chi connectivity index (χ1n) is 8.10. The van der Waals surface area contributed by atoms with Gasteiger partial charge in [0.2, 0.25) is 5.91 Å². The van der Waals surface area contributed by atoms with Crippen molar-refractivity contribution >= 4 is 34.7 Å². The highest BCUT2D eigenvalue weighted by atomic mass is 32.2. The number of aromatic nitrogens is 1. The molecule has 1 aliphatic heterocycles. The van der Waals surface area contributed by atoms with Gasteiger partial charge in [-0.05, 0) is 31.9 Å². The smallest absolute Gasteiger partial charge is 0.310 e. The summed E-state index contributed by atoms with van der Waals surface area (Å²) < 4.78 is 10.7. The summed E-state index contributed by atoms with van der Waals surface area (Å²) in [7, 11) is 0. The third-order valence-corrected chi connectivity index (χ3v) is 4.80. The van der Waals surface area contributed by atoms with Crippen molar-refractivity contribution in [1.29, 1.82) is 0 Å². The second kappa shape index (κ2) is 7.70. The lowest BCUT2D eigenvalue weighted by atomic mass is 9.98. The number of carbonyl (C=O) groups excluding carboxylic acids is 2. The Balaban J connectivity index is 1.55. The lowest BCUT2D eigenvalue weighted by molar-refractivity contribution is -0.151. The molecule has 1 aromatic heterocycles. The average Bonchev–Trinajstić information content (AvgIpc) is 3.03. The van der Waals surface area contributed by atoms with E-state index in [1.165, 1.54) is 11.8 Å². The number of hydrogen-bond acceptors (Lipinski definition) is 6. The number of piperidine rings is 1. The molecule has 0 spiro atoms. The highest BCUT2D eigenvalue weighted by Crippen LogP contribution is 2.24. The third-order valence-electron chi connectivity index (χ3n) is 3.99. The van der Waals surface area contributed by atoms with Crippen molar-refractivity contribution in [2.45, 2.75) is 25.0 Å². The number of thioether (sulfide) groups is 1. The molecule has 128 valence electrons. The van der Waals surface area contributed by atoms with Gasteiger partial charge >= 0.3 is 5.97 Å². The highest BCUT2D eigenvalue weighted by Gasteiger charge is 2.29. The van der Waals surface area contributed by atoms with Crippen molar-refractivity contribution in [2.75, 3.05) is 25.4 Å². The van der Waals surface area contributed by atoms with Crippen molar-refractivity contribution in [3.05, 3.63) is 24.3 Å². The van der Waals surface area contributed by atoms with Gasteiger partial charge in [0.25, 0.3) is 5.22 Å². The number of rotatable bonds is 5. The fourth-order valence-electron chi connectivity index (χ4n) is 2.78. The number of fused-ring (bicyclic) bond motifs is 1. The molecule has 6 nitrogen and oxygen atoms in total. The summed E-state index contributed by atoms with van der Waals surface area (Å²) in [5, 5.41) is 0.489. The van der Waals surface area contributed by atoms with Crippen LogP contribution >= 0.6 is 11.8 Å². The number of amides is 1. The minimum Gasteiger partial charge on any atom is -0.466 e. The van der Waals surface area contributed by atoms with Crippen LogP contribution in [0.5, 0.6) is 0 Å². The van der Waals surface area contributed by atoms with E-state index in [1.54, 1.807) is 11.8 Å². The molecule has 0 radical (unpaired) electrons. The topological polar surface area (TPSA) is 72.6 Å². The van der Waals surface area contributed by atoms with Crippen molar-refractivity contribution in [2.24, 2.45) is 5.92 Å². The standard InChI is InChI=1S/C17H20N2O4S/c1-2-22-16(21)12-6-5-9-19(10-12)15(20)11-24-17-18-13-7-3-4-8-14(13)23-17/h3-4,7-8,12H,2,5-6,9-11H2,1H3/t12-/m0/s1. The van der Waals surface area contributed by atoms with E-state index in [-0.39, 0.29) is 23.5 Å². The monoisotopic (exact) mass is 348 g/mol. The molecule has 0 bridgehead atoms. The highest BCUT2D eigenvalue weighted by molar-refractivity contribution is 7.99. The van der Waals surface area contributed by atoms with Crippen LogP contribution < -0.4 is 0 Å². The van der Waals surface area contributed by atoms with Crippen LogP contribution in [0.2, 0.25) is 0 Å². The van der Waals surface area contributed by atoms with Crippen molar-refractivity contribution in [3.8, 4) is 0 Å². The molecule has 1 aliphatic rings. The Hall–Kier alpha value is -2.02. The zero-order valence-electron chi connectivity index (χ0n) is 13.6. The average molecular weight is 348 g/mol. The van der Waals surface area contributed by atoms with Gasteiger partial charge in [0.15, 0.2) is 5.58 Å². The number of para-hydroxylation sites is 2. The van der Waals surface area contributed by atoms with Gasteiger partial charge in [-0.15, -0.1) is 0 Å². The maximum Gasteiger partial charge on any atom is 0.310 e. The van der Waals surface area contributed by atoms with Gasteiger partial charge < -0.3 is 14.1 Å². The van der Waals surface area contributed by atoms with E-state index < -0.39 is 0 Å². The molecule has 0 aliphatic carbocycles. The van der Waals surface area contributed by atoms with E-state index in [0.717, 1.165) is 18.4 Å². The quantitative estimate of drug-likeness (QED) is 0.611. The predicted molar refractivity (Wildman–Crippen MR) is 90.7 cm³/mol. The van der Waals surface area contributed by atoms with Crippen LogP contribution in [0, 0.1) is 5.92 Å². The molecule has 1 atom stereocenters. The molecule has 0 N–H and O–H groups in total. The zero-order chi connectivity index (χ0) is 16.9. The second-order valence-corrected chi connectivity index (χ2v) is 6.59. The minimum atomic E-state index is -0.211. The maximum absolute atomic E-state index is 12.4. The van der Waals surface area contributed by atoms with Crippen molar-refractivity contribution in [3.63, 3.8) is 0 Å². The molecule has 1 fully saturated rings. The lowest BCUT2D eigenvalue weighted by Gasteiger charge is -2.31. The Morgan fingerprint density at radius 3 is 3.04 bits per heavy atom. The molecule has 7 heteroatoms. The Kier molecular flexibility index (Phi) is 5.40. The maximum atomic E-state index is 12.4. The Labute approximate surface area is 144 Å². The fraction of sp³-hybridized carbons (Fsp3) is 0.471. The number of hydrogen-bond donors (Lipinski definition) is 0. The fourth-order valence-corrected chi connectivity index (χ4v) is 3.52. The van der Waals surface area contributed by atoms with Crippen molar-refractivity contribution < 1.29 is 18.7 Å². The first-order chi connectivity index (χ1) is 11.7. The molecule has 1 aromatic carbocycles. The summed E-state index contributed by atoms with van der Waals surface area (Å²) in [4.78, 5) is 30.3. The molecular weight excluding hydrogens is 328 g/mol. The summed E-state index contributed by atoms with van der Waals surface area (Å²) in [6, 6.07) is 7.51. The Bertz CT molecular complexity index is 697. The van der Waals surface area contributed by atoms with Crippen LogP contribution in [-0.4, -0.2) is 47.2 Å². The molecule has 1 amide bonds. The van der Waals surface area contributed by atoms with Crippen LogP contribution in [0.4, 0.5) is 0 Å². The first kappa shape index (κ1) is 16.8. The van der Waals surface area contributed by atoms with Gasteiger partial charge in [-0.25, -0.2) is 4.98 Å². The van der Waals surface area contributed by atoms with E-state index in [2.05, 4.69) is 4.98 Å². The number of likely N-dealkylation sites (tertiary alicyclic amines) is 1. The van der Waals surface area contributed by atoms with Gasteiger partial charge in [-0.2, -0.15) is 0 Å². The van der Waals surface area contributed by atoms with Gasteiger partial charge in [0, 0.05) is 13.1 Å². The Morgan fingerprint density at radius 1 is 1.42 bits per heavy atom. The van der Waals surface area contributed by atoms with E-state index in [1.807, 2.05) is 24.3 Å². The van der Waals surface area contributed by atoms with E-state index in [0.29, 0.717) is 30.5 Å². The van der Waals surface area contributed by atoms with Crippen LogP contribution in [0.3, 0.4) is 0 Å². The van der Waals surface area contributed by atoms with E-state index in [4.69, 9.17) is 9.15 Å². The zero-order valence-corrected chi connectivity index (χ0v) is 14.4. The van der Waals surface area contributed by atoms with Gasteiger partial charge in [0.05, 0.1) is 18.3 Å². The summed E-state index contributed by atoms with van der Waals surface area (Å²) in [6.45, 7) is 3.28. The Morgan fingerprint density at radius 2 is 2.25 bits per heavy atom. The summed E-state index contributed by atoms with van der Waals surface area (Å²) in [6.07, 6.45) is 1.60. The van der Waals surface area contributed by atoms with E-state index in [9.17, 15) is 9.59 Å². The number of nitrogens with zero attached hydrogens (tertiary/aromatic N) is 2. The predicted octanol–water partition coefficient (Wildman–Crippen LogP) is 2.72. The van der Waals surface area contributed by atoms with Gasteiger partial charge in [-0.3, -0.25) is 9.59 Å². The van der Waals surface area contributed by atoms with Gasteiger partial charge in [0.1, 0.15) is 5.52 Å². The van der Waals surface area contributed by atoms with Crippen LogP contribution in [0.25, 0.3) is 11.1 Å². The second-order valence-electron chi connectivity index (χ2n) is 5.67. The van der Waals surface area contributed by atoms with Crippen LogP contribution in [0.15, 0.2) is 33.9 Å². The summed E-state index contributed by atoms with van der Waals surface area (Å²) >= 11 is 1.28. The summed E-state index contributed by atoms with van der Waals surface area (Å²) in [5.74, 6) is -0.169. The van der Waals surface area contributed by atoms with Gasteiger partial charge in [-0.1, -0.05) is 23.9 Å². The summed E-state index contributed by atoms with van der Waals surface area (Å²) in [5.41, 5.74) is 1.50. The number of oxazole rings is 1. The minimum absolute atomic E-state index is 0.00347. The third kappa shape index (κ3) is 3.90. The van der Waals surface area contributed by atoms with Crippen LogP contribution in [0.1, 0.15) is 19.8 Å². The SMILES string of the molecule is CCOC(=O)[C@H]1CCCN(C(=O)CSc2nc3ccccc3o2)C1. The molecule has 0 saturated carbocycles. The van der Waals surface area contributed by atoms with E-state index >= 15 is 0 Å². The number of esters is 1. The lowest BCUT2D eigenvalue weighted by Crippen LogP contribution is -2.43. The molecule has 1 saturated heterocycles. The molecule has 2 heterocycles. The number of carbonyl (C=O) groups is 2. The number of benzene rings is 1. The normalized spacial score (nSPS) is 17.9. The van der Waals surface area contributed by atoms with Crippen LogP contribution in [-0.2, 0) is 14.3 Å². The first-order valence-corrected chi connectivity index (χ1v) is 9.08.